The Hall–Kier alpha value is -2.87. The first-order valence-corrected chi connectivity index (χ1v) is 7.94. The molecule has 130 valence electrons. The molecular weight excluding hydrogens is 346 g/mol. The minimum atomic E-state index is -0.300. The van der Waals surface area contributed by atoms with E-state index in [9.17, 15) is 9.59 Å². The number of fused-ring (bicyclic) bond motifs is 1. The average molecular weight is 362 g/mol. The van der Waals surface area contributed by atoms with Crippen molar-refractivity contribution in [2.75, 3.05) is 13.2 Å². The summed E-state index contributed by atoms with van der Waals surface area (Å²) < 4.78 is 8.24. The molecule has 2 aromatic heterocycles. The fraction of sp³-hybridized carbons (Fsp3) is 0.250. The van der Waals surface area contributed by atoms with E-state index in [1.54, 1.807) is 31.3 Å². The molecule has 1 amide bonds. The smallest absolute Gasteiger partial charge is 0.264 e. The highest BCUT2D eigenvalue weighted by atomic mass is 35.5. The second-order valence-electron chi connectivity index (χ2n) is 5.34. The molecule has 8 nitrogen and oxygen atoms in total. The Morgan fingerprint density at radius 1 is 1.32 bits per heavy atom. The summed E-state index contributed by atoms with van der Waals surface area (Å²) >= 11 is 5.79. The van der Waals surface area contributed by atoms with Crippen LogP contribution in [0.4, 0.5) is 0 Å². The Kier molecular flexibility index (Phi) is 4.99. The number of aromatic nitrogens is 4. The molecule has 0 spiro atoms. The normalized spacial score (nSPS) is 10.8. The van der Waals surface area contributed by atoms with Crippen LogP contribution in [0, 0.1) is 0 Å². The zero-order valence-corrected chi connectivity index (χ0v) is 14.2. The summed E-state index contributed by atoms with van der Waals surface area (Å²) in [6.07, 6.45) is 2.79. The molecule has 3 aromatic rings. The molecule has 0 atom stereocenters. The van der Waals surface area contributed by atoms with Gasteiger partial charge in [0.1, 0.15) is 30.6 Å². The number of rotatable bonds is 6. The number of nitrogens with zero attached hydrogens (tertiary/aromatic N) is 4. The molecule has 1 aromatic carbocycles. The monoisotopic (exact) mass is 361 g/mol. The van der Waals surface area contributed by atoms with Gasteiger partial charge in [0.2, 0.25) is 5.91 Å². The van der Waals surface area contributed by atoms with E-state index in [0.717, 1.165) is 0 Å². The summed E-state index contributed by atoms with van der Waals surface area (Å²) in [5.74, 6) is 0.368. The molecule has 9 heteroatoms. The van der Waals surface area contributed by atoms with E-state index in [1.165, 1.54) is 21.8 Å². The molecule has 0 fully saturated rings. The Balaban J connectivity index is 1.52. The van der Waals surface area contributed by atoms with Crippen molar-refractivity contribution in [1.29, 1.82) is 0 Å². The Morgan fingerprint density at radius 2 is 2.08 bits per heavy atom. The van der Waals surface area contributed by atoms with Crippen LogP contribution in [0.25, 0.3) is 11.0 Å². The Morgan fingerprint density at radius 3 is 2.84 bits per heavy atom. The molecule has 0 aliphatic heterocycles. The minimum absolute atomic E-state index is 0.113. The number of halogens is 1. The predicted octanol–water partition coefficient (Wildman–Crippen LogP) is 0.979. The second kappa shape index (κ2) is 7.35. The highest BCUT2D eigenvalue weighted by Crippen LogP contribution is 2.15. The van der Waals surface area contributed by atoms with Crippen LogP contribution in [0.1, 0.15) is 0 Å². The van der Waals surface area contributed by atoms with E-state index in [1.807, 2.05) is 0 Å². The number of carbonyl (C=O) groups is 1. The first-order chi connectivity index (χ1) is 12.0. The summed E-state index contributed by atoms with van der Waals surface area (Å²) in [5, 5.41) is 7.69. The van der Waals surface area contributed by atoms with Crippen molar-refractivity contribution in [2.45, 2.75) is 6.54 Å². The van der Waals surface area contributed by atoms with Crippen molar-refractivity contribution in [3.05, 3.63) is 52.2 Å². The molecular formula is C16H16ClN5O3. The van der Waals surface area contributed by atoms with Gasteiger partial charge < -0.3 is 10.1 Å². The van der Waals surface area contributed by atoms with Gasteiger partial charge in [-0.25, -0.2) is 4.98 Å². The van der Waals surface area contributed by atoms with Crippen LogP contribution in [0.5, 0.6) is 5.75 Å². The van der Waals surface area contributed by atoms with Gasteiger partial charge in [0.25, 0.3) is 5.56 Å². The molecule has 0 aliphatic rings. The minimum Gasteiger partial charge on any atom is -0.492 e. The summed E-state index contributed by atoms with van der Waals surface area (Å²) in [5.41, 5.74) is 0.184. The number of aryl methyl sites for hydroxylation is 1. The lowest BCUT2D eigenvalue weighted by Crippen LogP contribution is -2.34. The first-order valence-electron chi connectivity index (χ1n) is 7.57. The standard InChI is InChI=1S/C16H16ClN5O3/c1-21-15-13(8-20-21)16(24)22(10-19-15)9-14(23)18-6-7-25-12-4-2-11(17)3-5-12/h2-5,8,10H,6-7,9H2,1H3,(H,18,23). The molecule has 25 heavy (non-hydrogen) atoms. The fourth-order valence-electron chi connectivity index (χ4n) is 2.28. The van der Waals surface area contributed by atoms with Crippen molar-refractivity contribution in [3.63, 3.8) is 0 Å². The second-order valence-corrected chi connectivity index (χ2v) is 5.77. The number of amides is 1. The van der Waals surface area contributed by atoms with Gasteiger partial charge in [0.15, 0.2) is 5.65 Å². The molecule has 0 radical (unpaired) electrons. The van der Waals surface area contributed by atoms with Gasteiger partial charge in [-0.3, -0.25) is 18.8 Å². The zero-order valence-electron chi connectivity index (χ0n) is 13.5. The van der Waals surface area contributed by atoms with Crippen LogP contribution in [0.2, 0.25) is 5.02 Å². The highest BCUT2D eigenvalue weighted by molar-refractivity contribution is 6.30. The average Bonchev–Trinajstić information content (AvgIpc) is 2.98. The van der Waals surface area contributed by atoms with Crippen LogP contribution in [0.3, 0.4) is 0 Å². The number of hydrogen-bond acceptors (Lipinski definition) is 5. The number of nitrogens with one attached hydrogen (secondary N) is 1. The van der Waals surface area contributed by atoms with Crippen molar-refractivity contribution < 1.29 is 9.53 Å². The largest absolute Gasteiger partial charge is 0.492 e. The number of ether oxygens (including phenoxy) is 1. The predicted molar refractivity (Wildman–Crippen MR) is 92.7 cm³/mol. The van der Waals surface area contributed by atoms with E-state index in [-0.39, 0.29) is 18.0 Å². The van der Waals surface area contributed by atoms with Gasteiger partial charge >= 0.3 is 0 Å². The molecule has 1 N–H and O–H groups in total. The Bertz CT molecular complexity index is 949. The van der Waals surface area contributed by atoms with Gasteiger partial charge in [0.05, 0.1) is 12.7 Å². The molecule has 2 heterocycles. The molecule has 0 saturated carbocycles. The summed E-state index contributed by atoms with van der Waals surface area (Å²) in [6.45, 7) is 0.512. The van der Waals surface area contributed by atoms with Gasteiger partial charge in [-0.1, -0.05) is 11.6 Å². The van der Waals surface area contributed by atoms with Crippen LogP contribution in [-0.2, 0) is 18.4 Å². The van der Waals surface area contributed by atoms with Gasteiger partial charge in [0, 0.05) is 12.1 Å². The van der Waals surface area contributed by atoms with E-state index in [0.29, 0.717) is 35.0 Å². The van der Waals surface area contributed by atoms with Crippen molar-refractivity contribution >= 4 is 28.5 Å². The first kappa shape index (κ1) is 17.0. The SMILES string of the molecule is Cn1ncc2c(=O)n(CC(=O)NCCOc3ccc(Cl)cc3)cnc21. The molecule has 3 rings (SSSR count). The van der Waals surface area contributed by atoms with Crippen molar-refractivity contribution in [1.82, 2.24) is 24.6 Å². The van der Waals surface area contributed by atoms with E-state index < -0.39 is 0 Å². The van der Waals surface area contributed by atoms with Crippen LogP contribution < -0.4 is 15.6 Å². The van der Waals surface area contributed by atoms with Crippen LogP contribution in [-0.4, -0.2) is 38.4 Å². The van der Waals surface area contributed by atoms with Crippen molar-refractivity contribution in [2.24, 2.45) is 7.05 Å². The quantitative estimate of drug-likeness (QED) is 0.661. The van der Waals surface area contributed by atoms with E-state index >= 15 is 0 Å². The molecule has 0 saturated heterocycles. The molecule has 0 bridgehead atoms. The topological polar surface area (TPSA) is 91.0 Å². The maximum atomic E-state index is 12.3. The van der Waals surface area contributed by atoms with Crippen LogP contribution >= 0.6 is 11.6 Å². The third-order valence-corrected chi connectivity index (χ3v) is 3.79. The Labute approximate surface area is 148 Å². The number of benzene rings is 1. The zero-order chi connectivity index (χ0) is 17.8. The van der Waals surface area contributed by atoms with E-state index in [4.69, 9.17) is 16.3 Å². The van der Waals surface area contributed by atoms with Gasteiger partial charge in [-0.2, -0.15) is 5.10 Å². The summed E-state index contributed by atoms with van der Waals surface area (Å²) in [4.78, 5) is 28.4. The molecule has 0 aliphatic carbocycles. The lowest BCUT2D eigenvalue weighted by molar-refractivity contribution is -0.121. The lowest BCUT2D eigenvalue weighted by Gasteiger charge is -2.09. The summed E-state index contributed by atoms with van der Waals surface area (Å²) in [6, 6.07) is 6.95. The fourth-order valence-corrected chi connectivity index (χ4v) is 2.41. The molecule has 0 unspecified atom stereocenters. The van der Waals surface area contributed by atoms with Crippen LogP contribution in [0.15, 0.2) is 41.6 Å². The number of carbonyl (C=O) groups excluding carboxylic acids is 1. The van der Waals surface area contributed by atoms with Gasteiger partial charge in [-0.05, 0) is 24.3 Å². The third kappa shape index (κ3) is 3.97. The lowest BCUT2D eigenvalue weighted by atomic mass is 10.3. The van der Waals surface area contributed by atoms with Crippen molar-refractivity contribution in [3.8, 4) is 5.75 Å². The van der Waals surface area contributed by atoms with E-state index in [2.05, 4.69) is 15.4 Å². The maximum absolute atomic E-state index is 12.3. The summed E-state index contributed by atoms with van der Waals surface area (Å²) in [7, 11) is 1.70. The maximum Gasteiger partial charge on any atom is 0.264 e. The highest BCUT2D eigenvalue weighted by Gasteiger charge is 2.10. The third-order valence-electron chi connectivity index (χ3n) is 3.54. The number of hydrogen-bond donors (Lipinski definition) is 1. The van der Waals surface area contributed by atoms with Gasteiger partial charge in [-0.15, -0.1) is 0 Å².